The first-order valence-corrected chi connectivity index (χ1v) is 9.62. The topological polar surface area (TPSA) is 81.7 Å². The number of amides is 1. The van der Waals surface area contributed by atoms with E-state index in [1.807, 2.05) is 30.3 Å². The number of carbonyl (C=O) groups is 3. The average molecular weight is 387 g/mol. The van der Waals surface area contributed by atoms with Gasteiger partial charge in [-0.25, -0.2) is 4.79 Å². The van der Waals surface area contributed by atoms with Crippen LogP contribution < -0.4 is 5.32 Å². The molecule has 1 N–H and O–H groups in total. The molecule has 0 saturated heterocycles. The number of ether oxygens (including phenoxy) is 2. The molecule has 3 rings (SSSR count). The molecule has 1 aromatic carbocycles. The van der Waals surface area contributed by atoms with E-state index in [9.17, 15) is 14.4 Å². The summed E-state index contributed by atoms with van der Waals surface area (Å²) in [5, 5.41) is 3.16. The smallest absolute Gasteiger partial charge is 0.341 e. The summed E-state index contributed by atoms with van der Waals surface area (Å²) in [5.74, 6) is -1.35. The van der Waals surface area contributed by atoms with Gasteiger partial charge in [0.1, 0.15) is 5.00 Å². The number of benzene rings is 1. The Bertz CT molecular complexity index is 844. The molecule has 1 aliphatic rings. The fourth-order valence-corrected chi connectivity index (χ4v) is 4.38. The number of nitrogens with one attached hydrogen (secondary N) is 1. The van der Waals surface area contributed by atoms with Crippen molar-refractivity contribution in [2.75, 3.05) is 19.0 Å². The Kier molecular flexibility index (Phi) is 6.24. The molecule has 1 aromatic heterocycles. The predicted molar refractivity (Wildman–Crippen MR) is 102 cm³/mol. The van der Waals surface area contributed by atoms with Crippen molar-refractivity contribution in [1.82, 2.24) is 0 Å². The highest BCUT2D eigenvalue weighted by molar-refractivity contribution is 7.17. The summed E-state index contributed by atoms with van der Waals surface area (Å²) in [4.78, 5) is 37.2. The van der Waals surface area contributed by atoms with Crippen LogP contribution in [-0.4, -0.2) is 31.6 Å². The van der Waals surface area contributed by atoms with Crippen LogP contribution in [0, 0.1) is 0 Å². The fraction of sp³-hybridized carbons (Fsp3) is 0.350. The maximum absolute atomic E-state index is 12.1. The Hall–Kier alpha value is -2.67. The number of carbonyl (C=O) groups excluding carboxylic acids is 3. The molecular formula is C20H21NO5S. The van der Waals surface area contributed by atoms with Crippen LogP contribution in [0.15, 0.2) is 30.3 Å². The number of thiophene rings is 1. The molecule has 1 aliphatic carbocycles. The molecule has 0 aliphatic heterocycles. The first kappa shape index (κ1) is 19.1. The van der Waals surface area contributed by atoms with Crippen LogP contribution in [-0.2, 0) is 38.3 Å². The highest BCUT2D eigenvalue weighted by Gasteiger charge is 2.28. The van der Waals surface area contributed by atoms with Crippen LogP contribution in [0.5, 0.6) is 0 Å². The van der Waals surface area contributed by atoms with E-state index in [0.29, 0.717) is 17.0 Å². The number of aryl methyl sites for hydroxylation is 2. The first-order chi connectivity index (χ1) is 13.1. The molecule has 6 nitrogen and oxygen atoms in total. The normalized spacial score (nSPS) is 12.3. The van der Waals surface area contributed by atoms with Crippen molar-refractivity contribution in [3.8, 4) is 0 Å². The van der Waals surface area contributed by atoms with Gasteiger partial charge < -0.3 is 14.8 Å². The minimum Gasteiger partial charge on any atom is -0.465 e. The second-order valence-corrected chi connectivity index (χ2v) is 7.35. The maximum Gasteiger partial charge on any atom is 0.341 e. The van der Waals surface area contributed by atoms with Crippen molar-refractivity contribution in [2.24, 2.45) is 0 Å². The number of methoxy groups -OCH3 is 1. The van der Waals surface area contributed by atoms with Crippen LogP contribution in [0.25, 0.3) is 0 Å². The van der Waals surface area contributed by atoms with E-state index in [0.717, 1.165) is 35.3 Å². The number of fused-ring (bicyclic) bond motifs is 1. The average Bonchev–Trinajstić information content (AvgIpc) is 3.25. The van der Waals surface area contributed by atoms with Crippen LogP contribution in [0.3, 0.4) is 0 Å². The lowest BCUT2D eigenvalue weighted by Gasteiger charge is -2.08. The van der Waals surface area contributed by atoms with Gasteiger partial charge >= 0.3 is 11.9 Å². The van der Waals surface area contributed by atoms with E-state index in [4.69, 9.17) is 9.47 Å². The Morgan fingerprint density at radius 3 is 2.67 bits per heavy atom. The summed E-state index contributed by atoms with van der Waals surface area (Å²) in [6.07, 6.45) is 3.47. The van der Waals surface area contributed by atoms with Crippen molar-refractivity contribution in [3.63, 3.8) is 0 Å². The van der Waals surface area contributed by atoms with Crippen molar-refractivity contribution >= 4 is 34.2 Å². The number of rotatable bonds is 7. The summed E-state index contributed by atoms with van der Waals surface area (Å²) in [6.45, 7) is -0.378. The van der Waals surface area contributed by atoms with Gasteiger partial charge in [0.05, 0.1) is 12.7 Å². The van der Waals surface area contributed by atoms with Gasteiger partial charge in [0.2, 0.25) is 0 Å². The Morgan fingerprint density at radius 1 is 1.15 bits per heavy atom. The van der Waals surface area contributed by atoms with Crippen LogP contribution in [0.4, 0.5) is 5.00 Å². The molecule has 0 fully saturated rings. The van der Waals surface area contributed by atoms with E-state index in [1.54, 1.807) is 0 Å². The third kappa shape index (κ3) is 4.74. The molecule has 0 saturated carbocycles. The molecule has 2 aromatic rings. The number of anilines is 1. The van der Waals surface area contributed by atoms with Gasteiger partial charge in [-0.2, -0.15) is 0 Å². The molecule has 0 atom stereocenters. The van der Waals surface area contributed by atoms with Gasteiger partial charge in [-0.05, 0) is 36.8 Å². The molecule has 1 amide bonds. The molecule has 0 bridgehead atoms. The quantitative estimate of drug-likeness (QED) is 0.738. The second kappa shape index (κ2) is 8.81. The Labute approximate surface area is 161 Å². The molecule has 1 heterocycles. The van der Waals surface area contributed by atoms with Gasteiger partial charge in [-0.15, -0.1) is 11.3 Å². The zero-order valence-electron chi connectivity index (χ0n) is 15.1. The van der Waals surface area contributed by atoms with E-state index in [2.05, 4.69) is 5.32 Å². The maximum atomic E-state index is 12.1. The van der Waals surface area contributed by atoms with Crippen molar-refractivity contribution in [3.05, 3.63) is 51.9 Å². The largest absolute Gasteiger partial charge is 0.465 e. The molecule has 7 heteroatoms. The number of hydrogen-bond donors (Lipinski definition) is 1. The van der Waals surface area contributed by atoms with Crippen molar-refractivity contribution in [2.45, 2.75) is 32.1 Å². The monoisotopic (exact) mass is 387 g/mol. The lowest BCUT2D eigenvalue weighted by Crippen LogP contribution is -2.21. The highest BCUT2D eigenvalue weighted by atomic mass is 32.1. The molecule has 0 spiro atoms. The Morgan fingerprint density at radius 2 is 1.93 bits per heavy atom. The second-order valence-electron chi connectivity index (χ2n) is 6.25. The third-order valence-electron chi connectivity index (χ3n) is 4.39. The SMILES string of the molecule is COC(=O)c1c(NC(=O)COC(=O)CCc2ccccc2)sc2c1CCC2. The zero-order chi connectivity index (χ0) is 19.2. The minimum atomic E-state index is -0.465. The number of esters is 2. The van der Waals surface area contributed by atoms with Crippen molar-refractivity contribution in [1.29, 1.82) is 0 Å². The lowest BCUT2D eigenvalue weighted by molar-refractivity contribution is -0.147. The summed E-state index contributed by atoms with van der Waals surface area (Å²) >= 11 is 1.39. The van der Waals surface area contributed by atoms with Gasteiger partial charge in [-0.3, -0.25) is 9.59 Å². The lowest BCUT2D eigenvalue weighted by atomic mass is 10.1. The highest BCUT2D eigenvalue weighted by Crippen LogP contribution is 2.39. The van der Waals surface area contributed by atoms with Crippen LogP contribution in [0.1, 0.15) is 39.2 Å². The predicted octanol–water partition coefficient (Wildman–Crippen LogP) is 3.14. The molecule has 142 valence electrons. The first-order valence-electron chi connectivity index (χ1n) is 8.80. The van der Waals surface area contributed by atoms with E-state index >= 15 is 0 Å². The van der Waals surface area contributed by atoms with Crippen LogP contribution >= 0.6 is 11.3 Å². The summed E-state index contributed by atoms with van der Waals surface area (Å²) in [5.41, 5.74) is 2.43. The number of hydrogen-bond acceptors (Lipinski definition) is 6. The zero-order valence-corrected chi connectivity index (χ0v) is 15.9. The summed E-state index contributed by atoms with van der Waals surface area (Å²) in [7, 11) is 1.32. The summed E-state index contributed by atoms with van der Waals surface area (Å²) in [6, 6.07) is 9.60. The fourth-order valence-electron chi connectivity index (χ4n) is 3.08. The van der Waals surface area contributed by atoms with Gasteiger partial charge in [-0.1, -0.05) is 30.3 Å². The Balaban J connectivity index is 1.52. The van der Waals surface area contributed by atoms with Gasteiger partial charge in [0.25, 0.3) is 5.91 Å². The summed E-state index contributed by atoms with van der Waals surface area (Å²) < 4.78 is 9.88. The van der Waals surface area contributed by atoms with E-state index < -0.39 is 17.8 Å². The van der Waals surface area contributed by atoms with E-state index in [-0.39, 0.29) is 13.0 Å². The van der Waals surface area contributed by atoms with E-state index in [1.165, 1.54) is 18.4 Å². The molecule has 0 unspecified atom stereocenters. The van der Waals surface area contributed by atoms with Crippen molar-refractivity contribution < 1.29 is 23.9 Å². The molecule has 27 heavy (non-hydrogen) atoms. The minimum absolute atomic E-state index is 0.206. The molecule has 0 radical (unpaired) electrons. The van der Waals surface area contributed by atoms with Gasteiger partial charge in [0, 0.05) is 11.3 Å². The van der Waals surface area contributed by atoms with Crippen LogP contribution in [0.2, 0.25) is 0 Å². The van der Waals surface area contributed by atoms with Gasteiger partial charge in [0.15, 0.2) is 6.61 Å². The molecular weight excluding hydrogens is 366 g/mol. The third-order valence-corrected chi connectivity index (χ3v) is 5.60. The standard InChI is InChI=1S/C20H21NO5S/c1-25-20(24)18-14-8-5-9-15(14)27-19(18)21-16(22)12-26-17(23)11-10-13-6-3-2-4-7-13/h2-4,6-7H,5,8-12H2,1H3,(H,21,22).